The maximum absolute atomic E-state index is 11.8. The molecular weight excluding hydrogens is 616 g/mol. The van der Waals surface area contributed by atoms with Gasteiger partial charge < -0.3 is 56.8 Å². The number of carbonyl (C=O) groups is 1. The molecule has 1 rings (SSSR count). The Bertz CT molecular complexity index is 772. The van der Waals surface area contributed by atoms with E-state index in [4.69, 9.17) is 56.8 Å². The van der Waals surface area contributed by atoms with Crippen LogP contribution >= 0.6 is 0 Å². The van der Waals surface area contributed by atoms with Crippen molar-refractivity contribution in [3.05, 3.63) is 35.9 Å². The molecule has 0 saturated heterocycles. The molecule has 1 atom stereocenters. The molecular formula is C34H60O13. The van der Waals surface area contributed by atoms with E-state index < -0.39 is 0 Å². The number of rotatable bonds is 37. The van der Waals surface area contributed by atoms with Gasteiger partial charge in [0.2, 0.25) is 0 Å². The maximum Gasteiger partial charge on any atom is 0.338 e. The summed E-state index contributed by atoms with van der Waals surface area (Å²) in [5.74, 6) is 0.238. The monoisotopic (exact) mass is 676 g/mol. The topological polar surface area (TPSA) is 128 Å². The van der Waals surface area contributed by atoms with Gasteiger partial charge in [-0.25, -0.2) is 4.79 Å². The lowest BCUT2D eigenvalue weighted by atomic mass is 10.1. The van der Waals surface area contributed by atoms with Gasteiger partial charge in [-0.05, 0) is 18.1 Å². The van der Waals surface area contributed by atoms with Crippen LogP contribution < -0.4 is 0 Å². The van der Waals surface area contributed by atoms with Gasteiger partial charge in [0.05, 0.1) is 144 Å². The second kappa shape index (κ2) is 35.6. The molecule has 1 aromatic rings. The number of benzene rings is 1. The molecule has 47 heavy (non-hydrogen) atoms. The molecule has 0 aliphatic carbocycles. The van der Waals surface area contributed by atoms with Crippen LogP contribution in [0.3, 0.4) is 0 Å². The lowest BCUT2D eigenvalue weighted by molar-refractivity contribution is -0.0283. The normalized spacial score (nSPS) is 12.0. The highest BCUT2D eigenvalue weighted by Crippen LogP contribution is 2.01. The van der Waals surface area contributed by atoms with Gasteiger partial charge >= 0.3 is 5.97 Å². The van der Waals surface area contributed by atoms with Crippen molar-refractivity contribution in [3.63, 3.8) is 0 Å². The number of hydrogen-bond acceptors (Lipinski definition) is 13. The van der Waals surface area contributed by atoms with Gasteiger partial charge in [-0.2, -0.15) is 0 Å². The van der Waals surface area contributed by atoms with Crippen LogP contribution in [0.2, 0.25) is 0 Å². The van der Waals surface area contributed by atoms with Crippen molar-refractivity contribution in [2.45, 2.75) is 20.3 Å². The maximum atomic E-state index is 11.8. The van der Waals surface area contributed by atoms with Crippen molar-refractivity contribution in [2.75, 3.05) is 152 Å². The molecule has 1 aromatic carbocycles. The average Bonchev–Trinajstić information content (AvgIpc) is 3.10. The first-order valence-electron chi connectivity index (χ1n) is 16.8. The third-order valence-corrected chi connectivity index (χ3v) is 6.29. The molecule has 0 aliphatic rings. The smallest absolute Gasteiger partial charge is 0.338 e. The third kappa shape index (κ3) is 31.3. The van der Waals surface area contributed by atoms with Crippen LogP contribution in [0.25, 0.3) is 0 Å². The Morgan fingerprint density at radius 1 is 0.447 bits per heavy atom. The summed E-state index contributed by atoms with van der Waals surface area (Å²) in [5.41, 5.74) is 0.526. The molecule has 13 heteroatoms. The Labute approximate surface area is 281 Å². The van der Waals surface area contributed by atoms with Crippen molar-refractivity contribution in [1.29, 1.82) is 0 Å². The first kappa shape index (κ1) is 43.3. The molecule has 274 valence electrons. The quantitative estimate of drug-likeness (QED) is 0.0758. The predicted molar refractivity (Wildman–Crippen MR) is 175 cm³/mol. The predicted octanol–water partition coefficient (Wildman–Crippen LogP) is 3.07. The van der Waals surface area contributed by atoms with E-state index in [1.54, 1.807) is 24.3 Å². The van der Waals surface area contributed by atoms with E-state index in [9.17, 15) is 4.79 Å². The average molecular weight is 677 g/mol. The first-order valence-corrected chi connectivity index (χ1v) is 16.8. The molecule has 0 aromatic heterocycles. The summed E-state index contributed by atoms with van der Waals surface area (Å²) >= 11 is 0. The molecule has 0 N–H and O–H groups in total. The minimum atomic E-state index is -0.356. The Morgan fingerprint density at radius 2 is 0.723 bits per heavy atom. The number of esters is 1. The van der Waals surface area contributed by atoms with Crippen molar-refractivity contribution in [2.24, 2.45) is 5.92 Å². The van der Waals surface area contributed by atoms with Crippen molar-refractivity contribution in [3.8, 4) is 0 Å². The number of carbonyl (C=O) groups excluding carboxylic acids is 1. The van der Waals surface area contributed by atoms with E-state index in [1.807, 2.05) is 6.07 Å². The fourth-order valence-corrected chi connectivity index (χ4v) is 3.45. The largest absolute Gasteiger partial charge is 0.460 e. The van der Waals surface area contributed by atoms with E-state index >= 15 is 0 Å². The summed E-state index contributed by atoms with van der Waals surface area (Å²) < 4.78 is 65.3. The SMILES string of the molecule is CCC(C)COCCOCCOCCOCCOCCOCCOCCOCCOCCOCCOCCOC(=O)c1ccccc1. The van der Waals surface area contributed by atoms with Crippen LogP contribution in [0.1, 0.15) is 30.6 Å². The second-order valence-electron chi connectivity index (χ2n) is 10.2. The summed E-state index contributed by atoms with van der Waals surface area (Å²) in [5, 5.41) is 0. The molecule has 13 nitrogen and oxygen atoms in total. The summed E-state index contributed by atoms with van der Waals surface area (Å²) in [6, 6.07) is 8.86. The standard InChI is InChI=1S/C34H60O13/c1-3-32(2)31-46-28-27-44-24-23-42-20-19-40-16-15-38-12-11-36-9-10-37-13-14-39-17-18-41-21-22-43-25-26-45-29-30-47-34(35)33-7-5-4-6-8-33/h4-8,32H,3,9-31H2,1-2H3. The molecule has 0 heterocycles. The molecule has 0 fully saturated rings. The van der Waals surface area contributed by atoms with Gasteiger partial charge in [-0.3, -0.25) is 0 Å². The van der Waals surface area contributed by atoms with Gasteiger partial charge in [-0.15, -0.1) is 0 Å². The zero-order valence-electron chi connectivity index (χ0n) is 28.7. The molecule has 0 bridgehead atoms. The van der Waals surface area contributed by atoms with Gasteiger partial charge in [0, 0.05) is 6.61 Å². The second-order valence-corrected chi connectivity index (χ2v) is 10.2. The fourth-order valence-electron chi connectivity index (χ4n) is 3.45. The van der Waals surface area contributed by atoms with E-state index in [-0.39, 0.29) is 12.6 Å². The van der Waals surface area contributed by atoms with Crippen LogP contribution in [-0.2, 0) is 56.8 Å². The molecule has 0 amide bonds. The van der Waals surface area contributed by atoms with E-state index in [0.29, 0.717) is 150 Å². The van der Waals surface area contributed by atoms with Gasteiger partial charge in [0.15, 0.2) is 0 Å². The van der Waals surface area contributed by atoms with E-state index in [0.717, 1.165) is 13.0 Å². The van der Waals surface area contributed by atoms with Crippen LogP contribution in [-0.4, -0.2) is 158 Å². The molecule has 0 radical (unpaired) electrons. The van der Waals surface area contributed by atoms with Crippen molar-refractivity contribution < 1.29 is 61.6 Å². The highest BCUT2D eigenvalue weighted by atomic mass is 16.6. The molecule has 0 saturated carbocycles. The Kier molecular flexibility index (Phi) is 32.7. The minimum Gasteiger partial charge on any atom is -0.460 e. The van der Waals surface area contributed by atoms with Gasteiger partial charge in [0.25, 0.3) is 0 Å². The lowest BCUT2D eigenvalue weighted by Gasteiger charge is -2.10. The Balaban J connectivity index is 1.63. The van der Waals surface area contributed by atoms with Crippen molar-refractivity contribution in [1.82, 2.24) is 0 Å². The van der Waals surface area contributed by atoms with E-state index in [2.05, 4.69) is 13.8 Å². The summed E-state index contributed by atoms with van der Waals surface area (Å²) in [6.45, 7) is 15.8. The van der Waals surface area contributed by atoms with Crippen LogP contribution in [0, 0.1) is 5.92 Å². The molecule has 0 aliphatic heterocycles. The van der Waals surface area contributed by atoms with Crippen molar-refractivity contribution >= 4 is 5.97 Å². The number of hydrogen-bond donors (Lipinski definition) is 0. The zero-order chi connectivity index (χ0) is 33.7. The van der Waals surface area contributed by atoms with Crippen LogP contribution in [0.4, 0.5) is 0 Å². The van der Waals surface area contributed by atoms with Gasteiger partial charge in [0.1, 0.15) is 6.61 Å². The summed E-state index contributed by atoms with van der Waals surface area (Å²) in [7, 11) is 0. The highest BCUT2D eigenvalue weighted by molar-refractivity contribution is 5.89. The zero-order valence-corrected chi connectivity index (χ0v) is 28.7. The third-order valence-electron chi connectivity index (χ3n) is 6.29. The minimum absolute atomic E-state index is 0.202. The summed E-state index contributed by atoms with van der Waals surface area (Å²) in [6.07, 6.45) is 1.13. The summed E-state index contributed by atoms with van der Waals surface area (Å²) in [4.78, 5) is 11.8. The lowest BCUT2D eigenvalue weighted by Crippen LogP contribution is -2.16. The van der Waals surface area contributed by atoms with E-state index in [1.165, 1.54) is 0 Å². The molecule has 0 spiro atoms. The highest BCUT2D eigenvalue weighted by Gasteiger charge is 2.05. The Morgan fingerprint density at radius 3 is 1.02 bits per heavy atom. The molecule has 1 unspecified atom stereocenters. The Hall–Kier alpha value is -1.75. The number of ether oxygens (including phenoxy) is 12. The van der Waals surface area contributed by atoms with Gasteiger partial charge in [-0.1, -0.05) is 38.5 Å². The fraction of sp³-hybridized carbons (Fsp3) is 0.794. The first-order chi connectivity index (χ1) is 23.2. The van der Waals surface area contributed by atoms with Crippen LogP contribution in [0.15, 0.2) is 30.3 Å². The van der Waals surface area contributed by atoms with Crippen LogP contribution in [0.5, 0.6) is 0 Å².